The summed E-state index contributed by atoms with van der Waals surface area (Å²) >= 11 is 0. The maximum absolute atomic E-state index is 10.6. The lowest BCUT2D eigenvalue weighted by molar-refractivity contribution is 0.478. The molecule has 0 fully saturated rings. The zero-order valence-corrected chi connectivity index (χ0v) is 10.8. The van der Waals surface area contributed by atoms with E-state index in [1.54, 1.807) is 18.2 Å². The fraction of sp³-hybridized carbons (Fsp3) is 0.125. The topological polar surface area (TPSA) is 65.2 Å². The summed E-state index contributed by atoms with van der Waals surface area (Å²) in [7, 11) is 0. The number of hydrogen-bond acceptors (Lipinski definition) is 4. The molecule has 98 valence electrons. The molecule has 3 aromatic carbocycles. The Labute approximate surface area is 114 Å². The number of rotatable bonds is 0. The third kappa shape index (κ3) is 1.30. The molecular formula is C16H12N2O2. The van der Waals surface area contributed by atoms with E-state index in [9.17, 15) is 10.2 Å². The molecule has 0 spiro atoms. The average Bonchev–Trinajstić information content (AvgIpc) is 2.84. The van der Waals surface area contributed by atoms with Crippen molar-refractivity contribution in [2.24, 2.45) is 9.98 Å². The lowest BCUT2D eigenvalue weighted by atomic mass is 10.00. The Bertz CT molecular complexity index is 993. The Morgan fingerprint density at radius 3 is 2.30 bits per heavy atom. The van der Waals surface area contributed by atoms with Gasteiger partial charge in [0.05, 0.1) is 16.1 Å². The standard InChI is InChI=1S/C16H12N2O2/c1-8-17-12-7-6-11-13(14(12)18-8)16(20)10-5-3-2-4-9(10)15(11)19/h2-8,19-20H,1H3. The zero-order valence-electron chi connectivity index (χ0n) is 10.8. The smallest absolute Gasteiger partial charge is 0.138 e. The van der Waals surface area contributed by atoms with Crippen molar-refractivity contribution >= 4 is 21.5 Å². The van der Waals surface area contributed by atoms with Crippen LogP contribution in [0.3, 0.4) is 0 Å². The van der Waals surface area contributed by atoms with Crippen molar-refractivity contribution in [1.29, 1.82) is 0 Å². The highest BCUT2D eigenvalue weighted by atomic mass is 16.3. The van der Waals surface area contributed by atoms with Crippen molar-refractivity contribution in [3.8, 4) is 11.5 Å². The van der Waals surface area contributed by atoms with Gasteiger partial charge in [0.2, 0.25) is 0 Å². The summed E-state index contributed by atoms with van der Waals surface area (Å²) in [5.41, 5.74) is 0. The number of fused-ring (bicyclic) bond motifs is 4. The first-order chi connectivity index (χ1) is 9.66. The number of phenols is 2. The van der Waals surface area contributed by atoms with Gasteiger partial charge in [0, 0.05) is 16.2 Å². The summed E-state index contributed by atoms with van der Waals surface area (Å²) in [6.07, 6.45) is -0.149. The molecule has 3 aromatic rings. The largest absolute Gasteiger partial charge is 0.507 e. The molecule has 1 aliphatic heterocycles. The summed E-state index contributed by atoms with van der Waals surface area (Å²) in [4.78, 5) is 8.84. The highest BCUT2D eigenvalue weighted by Crippen LogP contribution is 2.39. The van der Waals surface area contributed by atoms with Gasteiger partial charge in [0.1, 0.15) is 17.7 Å². The number of nitrogens with zero attached hydrogens (tertiary/aromatic N) is 2. The van der Waals surface area contributed by atoms with E-state index in [4.69, 9.17) is 0 Å². The van der Waals surface area contributed by atoms with Crippen LogP contribution in [0, 0.1) is 0 Å². The minimum absolute atomic E-state index is 0.149. The molecule has 1 aliphatic rings. The third-order valence-corrected chi connectivity index (χ3v) is 3.73. The maximum atomic E-state index is 10.6. The van der Waals surface area contributed by atoms with Crippen molar-refractivity contribution in [3.63, 3.8) is 0 Å². The van der Waals surface area contributed by atoms with Crippen LogP contribution >= 0.6 is 0 Å². The Morgan fingerprint density at radius 2 is 1.55 bits per heavy atom. The number of aromatic hydroxyl groups is 2. The van der Waals surface area contributed by atoms with Crippen molar-refractivity contribution in [2.75, 3.05) is 0 Å². The Morgan fingerprint density at radius 1 is 0.850 bits per heavy atom. The molecule has 2 N–H and O–H groups in total. The number of phenolic OH excluding ortho intramolecular Hbond substituents is 2. The molecule has 1 atom stereocenters. The SMILES string of the molecule is CC1N=c2ccc3c(O)c4ccccc4c(O)c3c2=N1. The number of benzene rings is 3. The first-order valence-corrected chi connectivity index (χ1v) is 6.48. The van der Waals surface area contributed by atoms with Crippen molar-refractivity contribution in [1.82, 2.24) is 0 Å². The van der Waals surface area contributed by atoms with Crippen LogP contribution in [0.1, 0.15) is 6.92 Å². The molecule has 0 aromatic heterocycles. The second-order valence-corrected chi connectivity index (χ2v) is 4.99. The monoisotopic (exact) mass is 264 g/mol. The first kappa shape index (κ1) is 11.2. The minimum Gasteiger partial charge on any atom is -0.507 e. The fourth-order valence-electron chi connectivity index (χ4n) is 2.84. The van der Waals surface area contributed by atoms with Crippen LogP contribution in [0.2, 0.25) is 0 Å². The van der Waals surface area contributed by atoms with Crippen molar-refractivity contribution in [3.05, 3.63) is 47.1 Å². The van der Waals surface area contributed by atoms with Gasteiger partial charge in [0.15, 0.2) is 0 Å². The molecule has 1 heterocycles. The summed E-state index contributed by atoms with van der Waals surface area (Å²) in [6.45, 7) is 1.89. The third-order valence-electron chi connectivity index (χ3n) is 3.73. The molecule has 0 bridgehead atoms. The van der Waals surface area contributed by atoms with E-state index in [0.717, 1.165) is 5.36 Å². The van der Waals surface area contributed by atoms with Gasteiger partial charge in [-0.1, -0.05) is 24.3 Å². The maximum Gasteiger partial charge on any atom is 0.138 e. The molecule has 4 nitrogen and oxygen atoms in total. The number of hydrogen-bond donors (Lipinski definition) is 2. The van der Waals surface area contributed by atoms with E-state index in [1.165, 1.54) is 0 Å². The van der Waals surface area contributed by atoms with Crippen LogP contribution < -0.4 is 10.7 Å². The van der Waals surface area contributed by atoms with Gasteiger partial charge in [-0.05, 0) is 19.1 Å². The van der Waals surface area contributed by atoms with Gasteiger partial charge < -0.3 is 10.2 Å². The van der Waals surface area contributed by atoms with Crippen LogP contribution in [-0.4, -0.2) is 16.4 Å². The van der Waals surface area contributed by atoms with Crippen LogP contribution in [-0.2, 0) is 0 Å². The summed E-state index contributed by atoms with van der Waals surface area (Å²) in [5, 5.41) is 24.9. The molecule has 0 aliphatic carbocycles. The predicted molar refractivity (Wildman–Crippen MR) is 76.6 cm³/mol. The van der Waals surface area contributed by atoms with E-state index in [-0.39, 0.29) is 17.7 Å². The fourth-order valence-corrected chi connectivity index (χ4v) is 2.84. The van der Waals surface area contributed by atoms with E-state index >= 15 is 0 Å². The van der Waals surface area contributed by atoms with Crippen LogP contribution in [0.4, 0.5) is 0 Å². The molecule has 20 heavy (non-hydrogen) atoms. The lowest BCUT2D eigenvalue weighted by Gasteiger charge is -2.09. The molecule has 0 amide bonds. The van der Waals surface area contributed by atoms with E-state index in [2.05, 4.69) is 9.98 Å². The van der Waals surface area contributed by atoms with Crippen molar-refractivity contribution in [2.45, 2.75) is 13.1 Å². The Kier molecular flexibility index (Phi) is 2.07. The van der Waals surface area contributed by atoms with E-state index in [0.29, 0.717) is 26.9 Å². The van der Waals surface area contributed by atoms with Crippen molar-refractivity contribution < 1.29 is 10.2 Å². The predicted octanol–water partition coefficient (Wildman–Crippen LogP) is 2.00. The van der Waals surface area contributed by atoms with Gasteiger partial charge in [-0.3, -0.25) is 9.98 Å². The second kappa shape index (κ2) is 3.70. The summed E-state index contributed by atoms with van der Waals surface area (Å²) < 4.78 is 0. The Balaban J connectivity index is 2.37. The molecule has 0 radical (unpaired) electrons. The summed E-state index contributed by atoms with van der Waals surface area (Å²) in [6, 6.07) is 10.9. The van der Waals surface area contributed by atoms with E-state index < -0.39 is 0 Å². The highest BCUT2D eigenvalue weighted by molar-refractivity contribution is 6.10. The molecular weight excluding hydrogens is 252 g/mol. The lowest BCUT2D eigenvalue weighted by Crippen LogP contribution is -2.22. The van der Waals surface area contributed by atoms with Crippen LogP contribution in [0.5, 0.6) is 11.5 Å². The van der Waals surface area contributed by atoms with Gasteiger partial charge in [0.25, 0.3) is 0 Å². The van der Waals surface area contributed by atoms with Gasteiger partial charge in [-0.25, -0.2) is 0 Å². The Hall–Kier alpha value is -2.62. The van der Waals surface area contributed by atoms with Crippen LogP contribution in [0.15, 0.2) is 46.4 Å². The molecule has 4 heteroatoms. The normalized spacial score (nSPS) is 16.9. The van der Waals surface area contributed by atoms with Gasteiger partial charge in [-0.15, -0.1) is 0 Å². The molecule has 1 unspecified atom stereocenters. The van der Waals surface area contributed by atoms with Crippen LogP contribution in [0.25, 0.3) is 21.5 Å². The minimum atomic E-state index is -0.149. The first-order valence-electron chi connectivity index (χ1n) is 6.48. The highest BCUT2D eigenvalue weighted by Gasteiger charge is 2.16. The van der Waals surface area contributed by atoms with Gasteiger partial charge >= 0.3 is 0 Å². The van der Waals surface area contributed by atoms with E-state index in [1.807, 2.05) is 25.1 Å². The average molecular weight is 264 g/mol. The quantitative estimate of drug-likeness (QED) is 0.482. The molecule has 0 saturated heterocycles. The molecule has 4 rings (SSSR count). The molecule has 0 saturated carbocycles. The zero-order chi connectivity index (χ0) is 13.9. The summed E-state index contributed by atoms with van der Waals surface area (Å²) in [5.74, 6) is 0.323. The van der Waals surface area contributed by atoms with Gasteiger partial charge in [-0.2, -0.15) is 0 Å². The second-order valence-electron chi connectivity index (χ2n) is 4.99.